The van der Waals surface area contributed by atoms with Crippen molar-refractivity contribution in [2.75, 3.05) is 6.61 Å². The van der Waals surface area contributed by atoms with E-state index in [-0.39, 0.29) is 17.6 Å². The number of H-pyrrole nitrogens is 1. The van der Waals surface area contributed by atoms with Gasteiger partial charge in [-0.3, -0.25) is 14.9 Å². The summed E-state index contributed by atoms with van der Waals surface area (Å²) in [6, 6.07) is 14.8. The van der Waals surface area contributed by atoms with Gasteiger partial charge >= 0.3 is 0 Å². The van der Waals surface area contributed by atoms with E-state index in [0.717, 1.165) is 10.9 Å². The molecule has 4 heterocycles. The summed E-state index contributed by atoms with van der Waals surface area (Å²) in [5.41, 5.74) is 4.44. The Bertz CT molecular complexity index is 1660. The quantitative estimate of drug-likeness (QED) is 0.219. The maximum Gasteiger partial charge on any atom is 0.259 e. The van der Waals surface area contributed by atoms with Crippen LogP contribution in [0.4, 0.5) is 0 Å². The number of hydrogen-bond acceptors (Lipinski definition) is 7. The Hall–Kier alpha value is -3.80. The van der Waals surface area contributed by atoms with E-state index in [1.54, 1.807) is 16.7 Å². The highest BCUT2D eigenvalue weighted by molar-refractivity contribution is 6.51. The molecule has 6 N–H and O–H groups in total. The number of carbonyl (C=O) groups excluding carboxylic acids is 2. The van der Waals surface area contributed by atoms with Crippen LogP contribution >= 0.6 is 0 Å². The SMILES string of the molecule is O=C1NC(=O)C2=C1c1c([nH]c3ccccc13)Cc1c2c2ccccc2n1[C@@H]1O[C@H](CO)[C@@H](O)[C@H](O)[C@H]1O. The highest BCUT2D eigenvalue weighted by Crippen LogP contribution is 2.47. The summed E-state index contributed by atoms with van der Waals surface area (Å²) in [6.07, 6.45) is -6.65. The number of aromatic nitrogens is 2. The predicted molar refractivity (Wildman–Crippen MR) is 132 cm³/mol. The van der Waals surface area contributed by atoms with Crippen LogP contribution in [0.25, 0.3) is 33.0 Å². The van der Waals surface area contributed by atoms with Crippen molar-refractivity contribution in [1.29, 1.82) is 0 Å². The van der Waals surface area contributed by atoms with Gasteiger partial charge in [0.2, 0.25) is 0 Å². The molecule has 2 aromatic heterocycles. The molecule has 0 spiro atoms. The Kier molecular flexibility index (Phi) is 4.75. The lowest BCUT2D eigenvalue weighted by Crippen LogP contribution is -2.56. The minimum Gasteiger partial charge on any atom is -0.394 e. The number of nitrogens with zero attached hydrogens (tertiary/aromatic N) is 1. The molecule has 37 heavy (non-hydrogen) atoms. The van der Waals surface area contributed by atoms with Crippen LogP contribution in [0.5, 0.6) is 0 Å². The molecule has 10 heteroatoms. The van der Waals surface area contributed by atoms with E-state index < -0.39 is 49.1 Å². The van der Waals surface area contributed by atoms with Gasteiger partial charge in [0.25, 0.3) is 11.8 Å². The monoisotopic (exact) mass is 501 g/mol. The molecule has 2 amide bonds. The molecule has 3 aliphatic rings. The van der Waals surface area contributed by atoms with Crippen molar-refractivity contribution < 1.29 is 34.8 Å². The lowest BCUT2D eigenvalue weighted by Gasteiger charge is -2.41. The van der Waals surface area contributed by atoms with Crippen molar-refractivity contribution in [1.82, 2.24) is 14.9 Å². The zero-order valence-electron chi connectivity index (χ0n) is 19.4. The first-order chi connectivity index (χ1) is 17.9. The van der Waals surface area contributed by atoms with Gasteiger partial charge in [0.05, 0.1) is 23.3 Å². The molecule has 7 rings (SSSR count). The number of aliphatic hydroxyl groups excluding tert-OH is 4. The summed E-state index contributed by atoms with van der Waals surface area (Å²) < 4.78 is 7.66. The van der Waals surface area contributed by atoms with Crippen LogP contribution in [0.15, 0.2) is 48.5 Å². The molecule has 4 aromatic rings. The van der Waals surface area contributed by atoms with Crippen molar-refractivity contribution >= 4 is 44.8 Å². The number of nitrogens with one attached hydrogen (secondary N) is 2. The summed E-state index contributed by atoms with van der Waals surface area (Å²) in [7, 11) is 0. The summed E-state index contributed by atoms with van der Waals surface area (Å²) in [4.78, 5) is 29.9. The third-order valence-corrected chi connectivity index (χ3v) is 7.69. The molecule has 0 saturated carbocycles. The molecule has 1 aliphatic carbocycles. The first-order valence-electron chi connectivity index (χ1n) is 12.0. The molecule has 5 atom stereocenters. The summed E-state index contributed by atoms with van der Waals surface area (Å²) in [6.45, 7) is -0.568. The van der Waals surface area contributed by atoms with Crippen LogP contribution in [-0.2, 0) is 20.7 Å². The second-order valence-corrected chi connectivity index (χ2v) is 9.66. The first kappa shape index (κ1) is 22.4. The van der Waals surface area contributed by atoms with Crippen molar-refractivity contribution in [3.8, 4) is 0 Å². The highest BCUT2D eigenvalue weighted by Gasteiger charge is 2.47. The van der Waals surface area contributed by atoms with Gasteiger partial charge in [-0.1, -0.05) is 36.4 Å². The maximum absolute atomic E-state index is 13.3. The van der Waals surface area contributed by atoms with E-state index >= 15 is 0 Å². The second kappa shape index (κ2) is 7.85. The Morgan fingerprint density at radius 1 is 0.865 bits per heavy atom. The van der Waals surface area contributed by atoms with Gasteiger partial charge in [0.15, 0.2) is 6.23 Å². The van der Waals surface area contributed by atoms with Crippen molar-refractivity contribution in [2.45, 2.75) is 37.1 Å². The summed E-state index contributed by atoms with van der Waals surface area (Å²) in [5, 5.41) is 45.6. The third kappa shape index (κ3) is 2.93. The molecular formula is C27H23N3O7. The fourth-order valence-electron chi connectivity index (χ4n) is 6.07. The normalized spacial score (nSPS) is 27.3. The number of ether oxygens (including phenoxy) is 1. The molecule has 0 bridgehead atoms. The molecule has 0 unspecified atom stereocenters. The van der Waals surface area contributed by atoms with Gasteiger partial charge in [-0.2, -0.15) is 0 Å². The number of aromatic amines is 1. The number of aliphatic hydroxyl groups is 4. The van der Waals surface area contributed by atoms with Crippen LogP contribution < -0.4 is 5.32 Å². The molecule has 2 aromatic carbocycles. The Morgan fingerprint density at radius 2 is 1.54 bits per heavy atom. The largest absolute Gasteiger partial charge is 0.394 e. The second-order valence-electron chi connectivity index (χ2n) is 9.66. The van der Waals surface area contributed by atoms with E-state index in [0.29, 0.717) is 33.4 Å². The van der Waals surface area contributed by atoms with Crippen LogP contribution in [0.3, 0.4) is 0 Å². The number of benzene rings is 2. The Morgan fingerprint density at radius 3 is 2.30 bits per heavy atom. The van der Waals surface area contributed by atoms with Gasteiger partial charge in [0.1, 0.15) is 24.4 Å². The smallest absolute Gasteiger partial charge is 0.259 e. The Balaban J connectivity index is 1.57. The summed E-state index contributed by atoms with van der Waals surface area (Å²) in [5.74, 6) is -1.00. The maximum atomic E-state index is 13.3. The van der Waals surface area contributed by atoms with Crippen LogP contribution in [0.1, 0.15) is 28.7 Å². The van der Waals surface area contributed by atoms with Gasteiger partial charge in [0, 0.05) is 45.2 Å². The van der Waals surface area contributed by atoms with Crippen molar-refractivity contribution in [3.05, 3.63) is 71.0 Å². The van der Waals surface area contributed by atoms with Gasteiger partial charge in [-0.25, -0.2) is 0 Å². The van der Waals surface area contributed by atoms with Crippen molar-refractivity contribution in [2.24, 2.45) is 0 Å². The minimum atomic E-state index is -1.58. The molecule has 1 fully saturated rings. The minimum absolute atomic E-state index is 0.239. The average Bonchev–Trinajstić information content (AvgIpc) is 3.47. The molecule has 188 valence electrons. The van der Waals surface area contributed by atoms with E-state index in [9.17, 15) is 30.0 Å². The summed E-state index contributed by atoms with van der Waals surface area (Å²) >= 11 is 0. The fraction of sp³-hybridized carbons (Fsp3) is 0.259. The number of imide groups is 1. The Labute approximate surface area is 209 Å². The molecular weight excluding hydrogens is 478 g/mol. The zero-order chi connectivity index (χ0) is 25.6. The average molecular weight is 501 g/mol. The van der Waals surface area contributed by atoms with Crippen LogP contribution in [0.2, 0.25) is 0 Å². The molecule has 0 radical (unpaired) electrons. The number of carbonyl (C=O) groups is 2. The number of amides is 2. The molecule has 2 aliphatic heterocycles. The van der Waals surface area contributed by atoms with Gasteiger partial charge < -0.3 is 34.7 Å². The number of rotatable bonds is 2. The first-order valence-corrected chi connectivity index (χ1v) is 12.0. The number of para-hydroxylation sites is 2. The lowest BCUT2D eigenvalue weighted by atomic mass is 9.95. The predicted octanol–water partition coefficient (Wildman–Crippen LogP) is 0.566. The third-order valence-electron chi connectivity index (χ3n) is 7.69. The van der Waals surface area contributed by atoms with Crippen LogP contribution in [0, 0.1) is 0 Å². The number of fused-ring (bicyclic) bond motifs is 8. The molecule has 10 nitrogen and oxygen atoms in total. The van der Waals surface area contributed by atoms with E-state index in [1.165, 1.54) is 0 Å². The van der Waals surface area contributed by atoms with E-state index in [1.807, 2.05) is 36.4 Å². The number of hydrogen-bond donors (Lipinski definition) is 6. The van der Waals surface area contributed by atoms with Crippen molar-refractivity contribution in [3.63, 3.8) is 0 Å². The van der Waals surface area contributed by atoms with E-state index in [4.69, 9.17) is 4.74 Å². The van der Waals surface area contributed by atoms with Gasteiger partial charge in [-0.15, -0.1) is 0 Å². The lowest BCUT2D eigenvalue weighted by molar-refractivity contribution is -0.250. The molecule has 1 saturated heterocycles. The topological polar surface area (TPSA) is 157 Å². The fourth-order valence-corrected chi connectivity index (χ4v) is 6.07. The van der Waals surface area contributed by atoms with Gasteiger partial charge in [-0.05, 0) is 12.1 Å². The standard InChI is InChI=1S/C27H23N3O7/c31-10-17-22(32)23(33)24(34)27(37-17)30-15-8-4-2-6-12(15)19-16(30)9-14-18(11-5-1-3-7-13(11)28-14)20-21(19)26(36)29-25(20)35/h1-8,17,22-24,27-28,31-34H,9-10H2,(H,29,35,36)/t17-,22-,23+,24-,27-/m1/s1. The highest BCUT2D eigenvalue weighted by atomic mass is 16.6. The zero-order valence-corrected chi connectivity index (χ0v) is 19.4. The van der Waals surface area contributed by atoms with Crippen LogP contribution in [-0.4, -0.2) is 72.8 Å². The van der Waals surface area contributed by atoms with E-state index in [2.05, 4.69) is 10.3 Å².